The fraction of sp³-hybridized carbons (Fsp3) is 0.312. The van der Waals surface area contributed by atoms with Crippen molar-refractivity contribution in [2.75, 3.05) is 26.2 Å². The summed E-state index contributed by atoms with van der Waals surface area (Å²) >= 11 is 0. The number of halogens is 1. The largest absolute Gasteiger partial charge is 0.314 e. The fourth-order valence-electron chi connectivity index (χ4n) is 2.72. The average molecular weight is 271 g/mol. The van der Waals surface area contributed by atoms with Crippen molar-refractivity contribution in [3.8, 4) is 0 Å². The van der Waals surface area contributed by atoms with Gasteiger partial charge in [0.15, 0.2) is 0 Å². The Kier molecular flexibility index (Phi) is 4.04. The van der Waals surface area contributed by atoms with Crippen molar-refractivity contribution >= 4 is 0 Å². The standard InChI is InChI=1S/C16H18FN3/c17-14-5-3-4-13(12-14)16(15-6-1-2-7-19-15)20-10-8-18-9-11-20/h1-7,12,16,18H,8-11H2. The van der Waals surface area contributed by atoms with Gasteiger partial charge in [-0.15, -0.1) is 0 Å². The predicted molar refractivity (Wildman–Crippen MR) is 76.9 cm³/mol. The minimum Gasteiger partial charge on any atom is -0.314 e. The second kappa shape index (κ2) is 6.11. The molecule has 1 N–H and O–H groups in total. The minimum absolute atomic E-state index is 0.0222. The third-order valence-corrected chi connectivity index (χ3v) is 3.65. The van der Waals surface area contributed by atoms with Crippen LogP contribution in [0.15, 0.2) is 48.7 Å². The van der Waals surface area contributed by atoms with Gasteiger partial charge >= 0.3 is 0 Å². The Morgan fingerprint density at radius 1 is 1.10 bits per heavy atom. The minimum atomic E-state index is -0.196. The number of hydrogen-bond donors (Lipinski definition) is 1. The molecule has 20 heavy (non-hydrogen) atoms. The zero-order valence-electron chi connectivity index (χ0n) is 11.3. The molecule has 2 aromatic rings. The van der Waals surface area contributed by atoms with E-state index in [1.165, 1.54) is 6.07 Å². The number of pyridine rings is 1. The van der Waals surface area contributed by atoms with Gasteiger partial charge in [-0.3, -0.25) is 9.88 Å². The molecule has 1 aromatic carbocycles. The highest BCUT2D eigenvalue weighted by molar-refractivity contribution is 5.28. The molecule has 1 atom stereocenters. The molecule has 104 valence electrons. The van der Waals surface area contributed by atoms with E-state index in [0.29, 0.717) is 0 Å². The van der Waals surface area contributed by atoms with Crippen LogP contribution in [0, 0.1) is 5.82 Å². The van der Waals surface area contributed by atoms with Gasteiger partial charge < -0.3 is 5.32 Å². The van der Waals surface area contributed by atoms with Crippen molar-refractivity contribution in [2.45, 2.75) is 6.04 Å². The van der Waals surface area contributed by atoms with Gasteiger partial charge in [0.1, 0.15) is 5.82 Å². The maximum Gasteiger partial charge on any atom is 0.123 e. The number of aromatic nitrogens is 1. The van der Waals surface area contributed by atoms with Gasteiger partial charge in [0.25, 0.3) is 0 Å². The normalized spacial score (nSPS) is 17.9. The quantitative estimate of drug-likeness (QED) is 0.927. The first-order valence-corrected chi connectivity index (χ1v) is 6.96. The van der Waals surface area contributed by atoms with E-state index < -0.39 is 0 Å². The van der Waals surface area contributed by atoms with Gasteiger partial charge in [0, 0.05) is 32.4 Å². The summed E-state index contributed by atoms with van der Waals surface area (Å²) < 4.78 is 13.6. The number of nitrogens with zero attached hydrogens (tertiary/aromatic N) is 2. The summed E-state index contributed by atoms with van der Waals surface area (Å²) in [6.07, 6.45) is 1.80. The van der Waals surface area contributed by atoms with Crippen LogP contribution in [0.25, 0.3) is 0 Å². The van der Waals surface area contributed by atoms with Crippen LogP contribution < -0.4 is 5.32 Å². The highest BCUT2D eigenvalue weighted by Gasteiger charge is 2.24. The molecule has 1 aromatic heterocycles. The van der Waals surface area contributed by atoms with Crippen molar-refractivity contribution in [3.63, 3.8) is 0 Å². The Labute approximate surface area is 118 Å². The first-order valence-electron chi connectivity index (χ1n) is 6.96. The molecule has 0 radical (unpaired) electrons. The first-order chi connectivity index (χ1) is 9.84. The van der Waals surface area contributed by atoms with Crippen LogP contribution in [0.2, 0.25) is 0 Å². The Morgan fingerprint density at radius 2 is 1.95 bits per heavy atom. The topological polar surface area (TPSA) is 28.2 Å². The third kappa shape index (κ3) is 2.86. The summed E-state index contributed by atoms with van der Waals surface area (Å²) in [5, 5.41) is 3.35. The molecule has 1 saturated heterocycles. The third-order valence-electron chi connectivity index (χ3n) is 3.65. The SMILES string of the molecule is Fc1cccc(C(c2ccccn2)N2CCNCC2)c1. The molecule has 1 aliphatic heterocycles. The lowest BCUT2D eigenvalue weighted by molar-refractivity contribution is 0.195. The van der Waals surface area contributed by atoms with Crippen molar-refractivity contribution in [2.24, 2.45) is 0 Å². The van der Waals surface area contributed by atoms with E-state index in [4.69, 9.17) is 0 Å². The van der Waals surface area contributed by atoms with Crippen molar-refractivity contribution < 1.29 is 4.39 Å². The molecule has 0 saturated carbocycles. The van der Waals surface area contributed by atoms with E-state index in [1.54, 1.807) is 18.3 Å². The molecule has 2 heterocycles. The van der Waals surface area contributed by atoms with Gasteiger partial charge in [-0.05, 0) is 29.8 Å². The summed E-state index contributed by atoms with van der Waals surface area (Å²) in [5.74, 6) is -0.196. The summed E-state index contributed by atoms with van der Waals surface area (Å²) in [5.41, 5.74) is 1.94. The van der Waals surface area contributed by atoms with Gasteiger partial charge in [0.2, 0.25) is 0 Å². The highest BCUT2D eigenvalue weighted by Crippen LogP contribution is 2.27. The average Bonchev–Trinajstić information content (AvgIpc) is 2.50. The molecule has 0 amide bonds. The number of piperazine rings is 1. The Hall–Kier alpha value is -1.78. The molecule has 1 aliphatic rings. The van der Waals surface area contributed by atoms with E-state index in [1.807, 2.05) is 24.3 Å². The zero-order valence-corrected chi connectivity index (χ0v) is 11.3. The summed E-state index contributed by atoms with van der Waals surface area (Å²) in [4.78, 5) is 6.83. The van der Waals surface area contributed by atoms with Gasteiger partial charge in [-0.25, -0.2) is 4.39 Å². The molecular weight excluding hydrogens is 253 g/mol. The Bertz CT molecular complexity index is 553. The van der Waals surface area contributed by atoms with Gasteiger partial charge in [-0.1, -0.05) is 18.2 Å². The van der Waals surface area contributed by atoms with E-state index >= 15 is 0 Å². The molecule has 4 heteroatoms. The number of rotatable bonds is 3. The lowest BCUT2D eigenvalue weighted by atomic mass is 10.0. The molecular formula is C16H18FN3. The second-order valence-corrected chi connectivity index (χ2v) is 5.00. The lowest BCUT2D eigenvalue weighted by Gasteiger charge is -2.34. The molecule has 0 aliphatic carbocycles. The van der Waals surface area contributed by atoms with Gasteiger partial charge in [0.05, 0.1) is 11.7 Å². The lowest BCUT2D eigenvalue weighted by Crippen LogP contribution is -2.45. The summed E-state index contributed by atoms with van der Waals surface area (Å²) in [6, 6.07) is 12.8. The smallest absolute Gasteiger partial charge is 0.123 e. The molecule has 1 unspecified atom stereocenters. The summed E-state index contributed by atoms with van der Waals surface area (Å²) in [6.45, 7) is 3.80. The molecule has 1 fully saturated rings. The van der Waals surface area contributed by atoms with E-state index in [2.05, 4.69) is 15.2 Å². The van der Waals surface area contributed by atoms with Gasteiger partial charge in [-0.2, -0.15) is 0 Å². The molecule has 3 rings (SSSR count). The molecule has 0 bridgehead atoms. The Morgan fingerprint density at radius 3 is 2.65 bits per heavy atom. The van der Waals surface area contributed by atoms with Crippen LogP contribution >= 0.6 is 0 Å². The Balaban J connectivity index is 1.98. The number of benzene rings is 1. The van der Waals surface area contributed by atoms with Crippen molar-refractivity contribution in [1.82, 2.24) is 15.2 Å². The van der Waals surface area contributed by atoms with E-state index in [9.17, 15) is 4.39 Å². The number of nitrogens with one attached hydrogen (secondary N) is 1. The van der Waals surface area contributed by atoms with Crippen LogP contribution in [0.4, 0.5) is 4.39 Å². The summed E-state index contributed by atoms with van der Waals surface area (Å²) in [7, 11) is 0. The predicted octanol–water partition coefficient (Wildman–Crippen LogP) is 2.22. The van der Waals surface area contributed by atoms with E-state index in [-0.39, 0.29) is 11.9 Å². The number of hydrogen-bond acceptors (Lipinski definition) is 3. The molecule has 0 spiro atoms. The van der Waals surface area contributed by atoms with Crippen LogP contribution in [0.5, 0.6) is 0 Å². The highest BCUT2D eigenvalue weighted by atomic mass is 19.1. The first kappa shape index (κ1) is 13.2. The second-order valence-electron chi connectivity index (χ2n) is 5.00. The van der Waals surface area contributed by atoms with Crippen LogP contribution in [0.1, 0.15) is 17.3 Å². The fourth-order valence-corrected chi connectivity index (χ4v) is 2.72. The van der Waals surface area contributed by atoms with Crippen LogP contribution in [0.3, 0.4) is 0 Å². The van der Waals surface area contributed by atoms with Crippen molar-refractivity contribution in [1.29, 1.82) is 0 Å². The maximum atomic E-state index is 13.6. The van der Waals surface area contributed by atoms with Crippen molar-refractivity contribution in [3.05, 3.63) is 65.7 Å². The van der Waals surface area contributed by atoms with Crippen LogP contribution in [-0.4, -0.2) is 36.1 Å². The van der Waals surface area contributed by atoms with E-state index in [0.717, 1.165) is 37.4 Å². The zero-order chi connectivity index (χ0) is 13.8. The molecule has 3 nitrogen and oxygen atoms in total. The monoisotopic (exact) mass is 271 g/mol. The van der Waals surface area contributed by atoms with Crippen LogP contribution in [-0.2, 0) is 0 Å². The maximum absolute atomic E-state index is 13.6.